The largest absolute Gasteiger partial charge is 0.446 e. The van der Waals surface area contributed by atoms with E-state index in [1.54, 1.807) is 13.8 Å². The number of benzene rings is 1. The van der Waals surface area contributed by atoms with Crippen LogP contribution in [0.25, 0.3) is 11.5 Å². The predicted octanol–water partition coefficient (Wildman–Crippen LogP) is 2.76. The minimum Gasteiger partial charge on any atom is -0.446 e. The fraction of sp³-hybridized carbons (Fsp3) is 0.250. The molecule has 10 nitrogen and oxygen atoms in total. The molecule has 0 radical (unpaired) electrons. The van der Waals surface area contributed by atoms with E-state index in [0.717, 1.165) is 11.1 Å². The van der Waals surface area contributed by atoms with Crippen molar-refractivity contribution in [2.75, 3.05) is 5.32 Å². The van der Waals surface area contributed by atoms with Gasteiger partial charge < -0.3 is 19.3 Å². The summed E-state index contributed by atoms with van der Waals surface area (Å²) in [5.74, 6) is 0.467. The number of aromatic nitrogens is 5. The van der Waals surface area contributed by atoms with Crippen LogP contribution in [0.15, 0.2) is 51.8 Å². The summed E-state index contributed by atoms with van der Waals surface area (Å²) in [4.78, 5) is 22.2. The van der Waals surface area contributed by atoms with Crippen molar-refractivity contribution < 1.29 is 18.7 Å². The number of carbonyl (C=O) groups is 1. The molecule has 154 valence electrons. The number of carbonyl (C=O) groups excluding carboxylic acids is 1. The highest BCUT2D eigenvalue weighted by atomic mass is 16.3. The number of aliphatic hydroxyl groups is 1. The SMILES string of the molecule is Cc1ccc(-c2nc(C(=O)Nc3cnn(Cc4nc(C(C)(C)O)co4)n3)co2)cc1. The number of aryl methyl sites for hydroxylation is 1. The van der Waals surface area contributed by atoms with Crippen LogP contribution >= 0.6 is 0 Å². The minimum absolute atomic E-state index is 0.127. The predicted molar refractivity (Wildman–Crippen MR) is 106 cm³/mol. The molecule has 2 N–H and O–H groups in total. The Hall–Kier alpha value is -3.79. The fourth-order valence-corrected chi connectivity index (χ4v) is 2.60. The molecule has 30 heavy (non-hydrogen) atoms. The number of nitrogens with zero attached hydrogens (tertiary/aromatic N) is 5. The van der Waals surface area contributed by atoms with Crippen LogP contribution in [-0.4, -0.2) is 36.0 Å². The Bertz CT molecular complexity index is 1170. The standard InChI is InChI=1S/C20H20N6O4/c1-12-4-6-13(7-5-12)19-22-14(10-30-19)18(27)24-16-8-21-26(25-16)9-17-23-15(11-29-17)20(2,3)28/h4-8,10-11,28H,9H2,1-3H3,(H,24,25,27). The molecule has 1 aromatic carbocycles. The van der Waals surface area contributed by atoms with Crippen molar-refractivity contribution in [1.29, 1.82) is 0 Å². The van der Waals surface area contributed by atoms with E-state index >= 15 is 0 Å². The molecule has 3 aromatic heterocycles. The van der Waals surface area contributed by atoms with Gasteiger partial charge in [-0.2, -0.15) is 9.90 Å². The third-order valence-corrected chi connectivity index (χ3v) is 4.27. The van der Waals surface area contributed by atoms with Crippen molar-refractivity contribution in [1.82, 2.24) is 25.0 Å². The van der Waals surface area contributed by atoms with Gasteiger partial charge in [0.05, 0.1) is 6.20 Å². The zero-order valence-electron chi connectivity index (χ0n) is 16.7. The number of anilines is 1. The van der Waals surface area contributed by atoms with Crippen LogP contribution in [0.5, 0.6) is 0 Å². The van der Waals surface area contributed by atoms with Crippen molar-refractivity contribution in [3.05, 3.63) is 65.8 Å². The molecule has 4 rings (SSSR count). The number of hydrogen-bond donors (Lipinski definition) is 2. The van der Waals surface area contributed by atoms with Gasteiger partial charge in [0.15, 0.2) is 11.5 Å². The molecule has 1 amide bonds. The molecule has 0 saturated heterocycles. The Morgan fingerprint density at radius 1 is 1.17 bits per heavy atom. The second-order valence-electron chi connectivity index (χ2n) is 7.30. The first kappa shape index (κ1) is 19.5. The Morgan fingerprint density at radius 3 is 2.63 bits per heavy atom. The Balaban J connectivity index is 1.41. The van der Waals surface area contributed by atoms with Crippen molar-refractivity contribution in [3.8, 4) is 11.5 Å². The summed E-state index contributed by atoms with van der Waals surface area (Å²) in [5.41, 5.74) is 1.33. The summed E-state index contributed by atoms with van der Waals surface area (Å²) in [6.07, 6.45) is 4.08. The van der Waals surface area contributed by atoms with E-state index in [9.17, 15) is 9.90 Å². The zero-order chi connectivity index (χ0) is 21.3. The number of rotatable bonds is 6. The molecule has 10 heteroatoms. The summed E-state index contributed by atoms with van der Waals surface area (Å²) in [6.45, 7) is 5.36. The summed E-state index contributed by atoms with van der Waals surface area (Å²) >= 11 is 0. The number of amides is 1. The van der Waals surface area contributed by atoms with Gasteiger partial charge in [0.2, 0.25) is 11.8 Å². The summed E-state index contributed by atoms with van der Waals surface area (Å²) in [7, 11) is 0. The second kappa shape index (κ2) is 7.56. The maximum Gasteiger partial charge on any atom is 0.278 e. The molecular formula is C20H20N6O4. The van der Waals surface area contributed by atoms with Crippen LogP contribution in [0.4, 0.5) is 5.82 Å². The topological polar surface area (TPSA) is 132 Å². The van der Waals surface area contributed by atoms with Gasteiger partial charge in [0.1, 0.15) is 30.4 Å². The van der Waals surface area contributed by atoms with Gasteiger partial charge in [-0.15, -0.1) is 5.10 Å². The van der Waals surface area contributed by atoms with Gasteiger partial charge in [0, 0.05) is 5.56 Å². The third-order valence-electron chi connectivity index (χ3n) is 4.27. The molecule has 0 fully saturated rings. The lowest BCUT2D eigenvalue weighted by atomic mass is 10.1. The van der Waals surface area contributed by atoms with Crippen molar-refractivity contribution >= 4 is 11.7 Å². The van der Waals surface area contributed by atoms with Crippen LogP contribution in [0.3, 0.4) is 0 Å². The van der Waals surface area contributed by atoms with Crippen LogP contribution in [0, 0.1) is 6.92 Å². The number of nitrogens with one attached hydrogen (secondary N) is 1. The zero-order valence-corrected chi connectivity index (χ0v) is 16.7. The normalized spacial score (nSPS) is 11.6. The third kappa shape index (κ3) is 4.28. The van der Waals surface area contributed by atoms with Crippen molar-refractivity contribution in [2.45, 2.75) is 32.9 Å². The first-order chi connectivity index (χ1) is 14.3. The molecule has 0 saturated carbocycles. The molecule has 0 aliphatic carbocycles. The summed E-state index contributed by atoms with van der Waals surface area (Å²) in [6, 6.07) is 7.63. The van der Waals surface area contributed by atoms with E-state index in [2.05, 4.69) is 25.5 Å². The highest BCUT2D eigenvalue weighted by molar-refractivity contribution is 6.02. The monoisotopic (exact) mass is 408 g/mol. The molecule has 3 heterocycles. The molecule has 0 unspecified atom stereocenters. The van der Waals surface area contributed by atoms with Crippen LogP contribution in [-0.2, 0) is 12.1 Å². The van der Waals surface area contributed by atoms with Crippen LogP contribution in [0.2, 0.25) is 0 Å². The van der Waals surface area contributed by atoms with Crippen LogP contribution in [0.1, 0.15) is 41.5 Å². The molecule has 0 atom stereocenters. The quantitative estimate of drug-likeness (QED) is 0.498. The van der Waals surface area contributed by atoms with E-state index in [1.165, 1.54) is 23.5 Å². The lowest BCUT2D eigenvalue weighted by Gasteiger charge is -2.11. The van der Waals surface area contributed by atoms with Gasteiger partial charge in [-0.3, -0.25) is 4.79 Å². The van der Waals surface area contributed by atoms with E-state index in [-0.39, 0.29) is 18.1 Å². The lowest BCUT2D eigenvalue weighted by molar-refractivity contribution is 0.0737. The molecule has 0 aliphatic rings. The van der Waals surface area contributed by atoms with E-state index in [4.69, 9.17) is 8.83 Å². The summed E-state index contributed by atoms with van der Waals surface area (Å²) in [5, 5.41) is 20.8. The second-order valence-corrected chi connectivity index (χ2v) is 7.30. The van der Waals surface area contributed by atoms with Gasteiger partial charge in [-0.05, 0) is 32.9 Å². The highest BCUT2D eigenvalue weighted by Crippen LogP contribution is 2.20. The van der Waals surface area contributed by atoms with E-state index in [0.29, 0.717) is 17.5 Å². The number of oxazole rings is 2. The van der Waals surface area contributed by atoms with E-state index < -0.39 is 11.5 Å². The lowest BCUT2D eigenvalue weighted by Crippen LogP contribution is -2.16. The molecule has 4 aromatic rings. The summed E-state index contributed by atoms with van der Waals surface area (Å²) < 4.78 is 10.7. The molecule has 0 aliphatic heterocycles. The first-order valence-corrected chi connectivity index (χ1v) is 9.19. The van der Waals surface area contributed by atoms with E-state index in [1.807, 2.05) is 31.2 Å². The smallest absolute Gasteiger partial charge is 0.278 e. The first-order valence-electron chi connectivity index (χ1n) is 9.19. The van der Waals surface area contributed by atoms with Gasteiger partial charge >= 0.3 is 0 Å². The maximum atomic E-state index is 12.4. The van der Waals surface area contributed by atoms with Gasteiger partial charge in [-0.25, -0.2) is 9.97 Å². The van der Waals surface area contributed by atoms with Crippen molar-refractivity contribution in [3.63, 3.8) is 0 Å². The van der Waals surface area contributed by atoms with Crippen molar-refractivity contribution in [2.24, 2.45) is 0 Å². The minimum atomic E-state index is -1.10. The average molecular weight is 408 g/mol. The van der Waals surface area contributed by atoms with Gasteiger partial charge in [-0.1, -0.05) is 17.7 Å². The molecule has 0 spiro atoms. The highest BCUT2D eigenvalue weighted by Gasteiger charge is 2.21. The Kier molecular flexibility index (Phi) is 4.92. The maximum absolute atomic E-state index is 12.4. The number of hydrogen-bond acceptors (Lipinski definition) is 8. The molecule has 0 bridgehead atoms. The van der Waals surface area contributed by atoms with Crippen LogP contribution < -0.4 is 5.32 Å². The molecular weight excluding hydrogens is 388 g/mol. The fourth-order valence-electron chi connectivity index (χ4n) is 2.60. The average Bonchev–Trinajstić information content (AvgIpc) is 3.43. The Labute approximate surface area is 171 Å². The Morgan fingerprint density at radius 2 is 1.93 bits per heavy atom. The van der Waals surface area contributed by atoms with Gasteiger partial charge in [0.25, 0.3) is 5.91 Å².